The lowest BCUT2D eigenvalue weighted by Gasteiger charge is -2.06. The number of rotatable bonds is 6. The topological polar surface area (TPSA) is 38.1 Å². The largest absolute Gasteiger partial charge is 0.441 e. The second-order valence-corrected chi connectivity index (χ2v) is 7.03. The average molecular weight is 449 g/mol. The Morgan fingerprint density at radius 2 is 2.20 bits per heavy atom. The Balaban J connectivity index is 2.00. The Bertz CT molecular complexity index is 569. The summed E-state index contributed by atoms with van der Waals surface area (Å²) in [6.07, 6.45) is 3.72. The normalized spacial score (nSPS) is 11.2. The van der Waals surface area contributed by atoms with Gasteiger partial charge >= 0.3 is 0 Å². The van der Waals surface area contributed by atoms with Crippen molar-refractivity contribution in [3.05, 3.63) is 38.3 Å². The van der Waals surface area contributed by atoms with Crippen LogP contribution < -0.4 is 5.32 Å². The van der Waals surface area contributed by atoms with E-state index in [1.807, 2.05) is 12.3 Å². The third-order valence-electron chi connectivity index (χ3n) is 2.87. The fraction of sp³-hybridized carbons (Fsp3) is 0.400. The third-order valence-corrected chi connectivity index (χ3v) is 4.30. The van der Waals surface area contributed by atoms with Gasteiger partial charge in [-0.1, -0.05) is 29.8 Å². The molecule has 5 heteroatoms. The third kappa shape index (κ3) is 4.56. The predicted octanol–water partition coefficient (Wildman–Crippen LogP) is 4.64. The van der Waals surface area contributed by atoms with E-state index in [9.17, 15) is 0 Å². The summed E-state index contributed by atoms with van der Waals surface area (Å²) in [6.45, 7) is 5.29. The van der Waals surface area contributed by atoms with Gasteiger partial charge in [-0.3, -0.25) is 0 Å². The van der Waals surface area contributed by atoms with Crippen molar-refractivity contribution >= 4 is 38.5 Å². The molecule has 1 aromatic carbocycles. The molecule has 0 bridgehead atoms. The highest BCUT2D eigenvalue weighted by atomic mass is 127. The number of hydrogen-bond donors (Lipinski definition) is 1. The molecule has 0 saturated carbocycles. The molecule has 1 heterocycles. The van der Waals surface area contributed by atoms with Gasteiger partial charge in [-0.15, -0.1) is 0 Å². The number of aromatic nitrogens is 1. The van der Waals surface area contributed by atoms with Crippen molar-refractivity contribution in [2.75, 3.05) is 6.54 Å². The van der Waals surface area contributed by atoms with Gasteiger partial charge in [-0.05, 0) is 53.8 Å². The molecule has 108 valence electrons. The fourth-order valence-electron chi connectivity index (χ4n) is 1.87. The molecule has 2 aromatic rings. The van der Waals surface area contributed by atoms with Gasteiger partial charge in [0.05, 0.1) is 6.20 Å². The SMILES string of the molecule is CC(C)NCCCc1ncc(-c2cc(Br)ccc2I)o1. The monoisotopic (exact) mass is 448 g/mol. The summed E-state index contributed by atoms with van der Waals surface area (Å²) in [5.41, 5.74) is 1.08. The zero-order chi connectivity index (χ0) is 14.5. The van der Waals surface area contributed by atoms with Crippen LogP contribution in [0.15, 0.2) is 33.3 Å². The van der Waals surface area contributed by atoms with Crippen molar-refractivity contribution in [1.82, 2.24) is 10.3 Å². The van der Waals surface area contributed by atoms with E-state index in [1.54, 1.807) is 0 Å². The smallest absolute Gasteiger partial charge is 0.194 e. The first kappa shape index (κ1) is 16.0. The van der Waals surface area contributed by atoms with Crippen molar-refractivity contribution in [3.8, 4) is 11.3 Å². The number of halogens is 2. The summed E-state index contributed by atoms with van der Waals surface area (Å²) in [7, 11) is 0. The van der Waals surface area contributed by atoms with Crippen molar-refractivity contribution in [3.63, 3.8) is 0 Å². The van der Waals surface area contributed by atoms with Gasteiger partial charge in [0.2, 0.25) is 0 Å². The van der Waals surface area contributed by atoms with Crippen molar-refractivity contribution in [2.24, 2.45) is 0 Å². The molecule has 0 atom stereocenters. The van der Waals surface area contributed by atoms with Gasteiger partial charge in [0, 0.05) is 26.1 Å². The van der Waals surface area contributed by atoms with Crippen LogP contribution in [-0.2, 0) is 6.42 Å². The zero-order valence-electron chi connectivity index (χ0n) is 11.6. The van der Waals surface area contributed by atoms with E-state index in [0.717, 1.165) is 44.6 Å². The van der Waals surface area contributed by atoms with E-state index >= 15 is 0 Å². The van der Waals surface area contributed by atoms with Crippen LogP contribution in [0.4, 0.5) is 0 Å². The lowest BCUT2D eigenvalue weighted by Crippen LogP contribution is -2.23. The van der Waals surface area contributed by atoms with Crippen LogP contribution in [0.1, 0.15) is 26.2 Å². The summed E-state index contributed by atoms with van der Waals surface area (Å²) in [5, 5.41) is 3.39. The summed E-state index contributed by atoms with van der Waals surface area (Å²) in [6, 6.07) is 6.68. The highest BCUT2D eigenvalue weighted by Gasteiger charge is 2.10. The molecule has 0 fully saturated rings. The molecule has 0 unspecified atom stereocenters. The number of aryl methyl sites for hydroxylation is 1. The highest BCUT2D eigenvalue weighted by molar-refractivity contribution is 14.1. The van der Waals surface area contributed by atoms with Gasteiger partial charge in [-0.2, -0.15) is 0 Å². The van der Waals surface area contributed by atoms with Gasteiger partial charge in [0.25, 0.3) is 0 Å². The van der Waals surface area contributed by atoms with Gasteiger partial charge in [0.15, 0.2) is 11.7 Å². The standard InChI is InChI=1S/C15H18BrIN2O/c1-10(2)18-7-3-4-15-19-9-14(20-15)12-8-11(16)5-6-13(12)17/h5-6,8-10,18H,3-4,7H2,1-2H3. The number of benzene rings is 1. The summed E-state index contributed by atoms with van der Waals surface area (Å²) < 4.78 is 8.06. The molecule has 0 aliphatic heterocycles. The molecule has 3 nitrogen and oxygen atoms in total. The minimum absolute atomic E-state index is 0.526. The molecule has 0 radical (unpaired) electrons. The first-order valence-corrected chi connectivity index (χ1v) is 8.57. The molecular formula is C15H18BrIN2O. The lowest BCUT2D eigenvalue weighted by atomic mass is 10.2. The molecule has 0 saturated heterocycles. The molecule has 0 spiro atoms. The van der Waals surface area contributed by atoms with Crippen LogP contribution in [0.3, 0.4) is 0 Å². The lowest BCUT2D eigenvalue weighted by molar-refractivity contribution is 0.484. The molecule has 2 rings (SSSR count). The summed E-state index contributed by atoms with van der Waals surface area (Å²) in [5.74, 6) is 1.64. The van der Waals surface area contributed by atoms with Crippen molar-refractivity contribution in [2.45, 2.75) is 32.7 Å². The number of oxazole rings is 1. The number of hydrogen-bond acceptors (Lipinski definition) is 3. The maximum Gasteiger partial charge on any atom is 0.194 e. The summed E-state index contributed by atoms with van der Waals surface area (Å²) in [4.78, 5) is 4.37. The van der Waals surface area contributed by atoms with E-state index < -0.39 is 0 Å². The van der Waals surface area contributed by atoms with Gasteiger partial charge < -0.3 is 9.73 Å². The van der Waals surface area contributed by atoms with E-state index in [0.29, 0.717) is 6.04 Å². The first-order valence-electron chi connectivity index (χ1n) is 6.70. The quantitative estimate of drug-likeness (QED) is 0.516. The predicted molar refractivity (Wildman–Crippen MR) is 93.8 cm³/mol. The maximum atomic E-state index is 5.85. The Morgan fingerprint density at radius 3 is 2.95 bits per heavy atom. The first-order chi connectivity index (χ1) is 9.56. The molecule has 1 N–H and O–H groups in total. The van der Waals surface area contributed by atoms with E-state index in [4.69, 9.17) is 4.42 Å². The number of nitrogens with one attached hydrogen (secondary N) is 1. The Labute approximate surface area is 141 Å². The van der Waals surface area contributed by atoms with Crippen LogP contribution in [0, 0.1) is 3.57 Å². The Kier molecular flexibility index (Phi) is 6.04. The van der Waals surface area contributed by atoms with Gasteiger partial charge in [-0.25, -0.2) is 4.98 Å². The van der Waals surface area contributed by atoms with Crippen LogP contribution >= 0.6 is 38.5 Å². The molecule has 0 amide bonds. The molecule has 20 heavy (non-hydrogen) atoms. The van der Waals surface area contributed by atoms with Crippen molar-refractivity contribution in [1.29, 1.82) is 0 Å². The molecule has 1 aromatic heterocycles. The number of nitrogens with zero attached hydrogens (tertiary/aromatic N) is 1. The summed E-state index contributed by atoms with van der Waals surface area (Å²) >= 11 is 5.80. The second-order valence-electron chi connectivity index (χ2n) is 4.95. The molecule has 0 aliphatic rings. The van der Waals surface area contributed by atoms with E-state index in [2.05, 4.69) is 74.8 Å². The Hall–Kier alpha value is -0.400. The average Bonchev–Trinajstić information content (AvgIpc) is 2.86. The molecular weight excluding hydrogens is 431 g/mol. The van der Waals surface area contributed by atoms with Crippen LogP contribution in [0.2, 0.25) is 0 Å². The fourth-order valence-corrected chi connectivity index (χ4v) is 2.83. The van der Waals surface area contributed by atoms with Crippen LogP contribution in [0.25, 0.3) is 11.3 Å². The van der Waals surface area contributed by atoms with E-state index in [-0.39, 0.29) is 0 Å². The van der Waals surface area contributed by atoms with E-state index in [1.165, 1.54) is 0 Å². The second kappa shape index (κ2) is 7.56. The maximum absolute atomic E-state index is 5.85. The minimum Gasteiger partial charge on any atom is -0.441 e. The Morgan fingerprint density at radius 1 is 1.40 bits per heavy atom. The van der Waals surface area contributed by atoms with Crippen LogP contribution in [0.5, 0.6) is 0 Å². The molecule has 0 aliphatic carbocycles. The highest BCUT2D eigenvalue weighted by Crippen LogP contribution is 2.29. The minimum atomic E-state index is 0.526. The van der Waals surface area contributed by atoms with Crippen molar-refractivity contribution < 1.29 is 4.42 Å². The van der Waals surface area contributed by atoms with Crippen LogP contribution in [-0.4, -0.2) is 17.6 Å². The zero-order valence-corrected chi connectivity index (χ0v) is 15.4. The van der Waals surface area contributed by atoms with Gasteiger partial charge in [0.1, 0.15) is 0 Å².